The quantitative estimate of drug-likeness (QED) is 0.456. The molecular weight excluding hydrogens is 284 g/mol. The SMILES string of the molecule is CC1C(N)C(=O)NC12SCN([C@H](C(N)=O)[C@@H](C)O)C2=O. The first-order chi connectivity index (χ1) is 9.22. The van der Waals surface area contributed by atoms with Crippen LogP contribution in [-0.4, -0.2) is 56.7 Å². The molecule has 0 bridgehead atoms. The van der Waals surface area contributed by atoms with Gasteiger partial charge in [0.25, 0.3) is 5.91 Å². The van der Waals surface area contributed by atoms with Crippen LogP contribution >= 0.6 is 11.8 Å². The van der Waals surface area contributed by atoms with E-state index in [0.29, 0.717) is 0 Å². The third-order valence-corrected chi connectivity index (χ3v) is 5.40. The van der Waals surface area contributed by atoms with Crippen LogP contribution in [0.1, 0.15) is 13.8 Å². The van der Waals surface area contributed by atoms with Gasteiger partial charge in [0.15, 0.2) is 4.87 Å². The third-order valence-electron chi connectivity index (χ3n) is 3.89. The Bertz CT molecular complexity index is 471. The second-order valence-corrected chi connectivity index (χ2v) is 6.37. The minimum Gasteiger partial charge on any atom is -0.391 e. The summed E-state index contributed by atoms with van der Waals surface area (Å²) in [6.45, 7) is 3.10. The fourth-order valence-electron chi connectivity index (χ4n) is 2.64. The monoisotopic (exact) mass is 302 g/mol. The molecule has 0 aromatic rings. The Balaban J connectivity index is 2.30. The number of aliphatic hydroxyl groups is 1. The van der Waals surface area contributed by atoms with Gasteiger partial charge in [-0.2, -0.15) is 0 Å². The second kappa shape index (κ2) is 4.90. The molecule has 2 heterocycles. The number of rotatable bonds is 3. The maximum atomic E-state index is 12.6. The summed E-state index contributed by atoms with van der Waals surface area (Å²) in [5, 5.41) is 12.3. The van der Waals surface area contributed by atoms with Crippen molar-refractivity contribution in [3.8, 4) is 0 Å². The van der Waals surface area contributed by atoms with E-state index in [0.717, 1.165) is 0 Å². The zero-order chi connectivity index (χ0) is 15.2. The van der Waals surface area contributed by atoms with E-state index in [2.05, 4.69) is 5.32 Å². The number of carbonyl (C=O) groups excluding carboxylic acids is 3. The van der Waals surface area contributed by atoms with Crippen molar-refractivity contribution in [2.75, 3.05) is 5.88 Å². The summed E-state index contributed by atoms with van der Waals surface area (Å²) in [6.07, 6.45) is -1.09. The summed E-state index contributed by atoms with van der Waals surface area (Å²) in [5.41, 5.74) is 11.0. The lowest BCUT2D eigenvalue weighted by molar-refractivity contribution is -0.143. The van der Waals surface area contributed by atoms with Crippen LogP contribution < -0.4 is 16.8 Å². The Morgan fingerprint density at radius 3 is 2.60 bits per heavy atom. The van der Waals surface area contributed by atoms with Gasteiger partial charge in [-0.15, -0.1) is 11.8 Å². The van der Waals surface area contributed by atoms with E-state index in [9.17, 15) is 19.5 Å². The van der Waals surface area contributed by atoms with Crippen LogP contribution in [0.5, 0.6) is 0 Å². The van der Waals surface area contributed by atoms with Crippen LogP contribution in [0.25, 0.3) is 0 Å². The number of primary amides is 1. The van der Waals surface area contributed by atoms with E-state index < -0.39 is 46.7 Å². The van der Waals surface area contributed by atoms with Crippen molar-refractivity contribution >= 4 is 29.5 Å². The fourth-order valence-corrected chi connectivity index (χ4v) is 4.08. The van der Waals surface area contributed by atoms with Crippen LogP contribution in [0, 0.1) is 5.92 Å². The summed E-state index contributed by atoms with van der Waals surface area (Å²) >= 11 is 1.19. The molecule has 2 fully saturated rings. The van der Waals surface area contributed by atoms with Gasteiger partial charge in [0.05, 0.1) is 18.0 Å². The molecule has 0 aliphatic carbocycles. The van der Waals surface area contributed by atoms with E-state index in [1.807, 2.05) is 0 Å². The number of aliphatic hydroxyl groups excluding tert-OH is 1. The van der Waals surface area contributed by atoms with Crippen LogP contribution in [0.3, 0.4) is 0 Å². The van der Waals surface area contributed by atoms with Gasteiger partial charge in [0, 0.05) is 5.92 Å². The molecule has 2 aliphatic rings. The van der Waals surface area contributed by atoms with Gasteiger partial charge >= 0.3 is 0 Å². The molecule has 6 N–H and O–H groups in total. The average molecular weight is 302 g/mol. The number of thioether (sulfide) groups is 1. The smallest absolute Gasteiger partial charge is 0.260 e. The first kappa shape index (κ1) is 15.1. The summed E-state index contributed by atoms with van der Waals surface area (Å²) in [7, 11) is 0. The largest absolute Gasteiger partial charge is 0.391 e. The molecule has 3 unspecified atom stereocenters. The highest BCUT2D eigenvalue weighted by molar-refractivity contribution is 8.01. The van der Waals surface area contributed by atoms with Gasteiger partial charge in [-0.25, -0.2) is 0 Å². The summed E-state index contributed by atoms with van der Waals surface area (Å²) in [5.74, 6) is -1.88. The lowest BCUT2D eigenvalue weighted by atomic mass is 9.96. The zero-order valence-corrected chi connectivity index (χ0v) is 12.0. The van der Waals surface area contributed by atoms with Crippen LogP contribution in [0.15, 0.2) is 0 Å². The second-order valence-electron chi connectivity index (χ2n) is 5.18. The predicted octanol–water partition coefficient (Wildman–Crippen LogP) is -2.46. The molecule has 112 valence electrons. The topological polar surface area (TPSA) is 139 Å². The van der Waals surface area contributed by atoms with Gasteiger partial charge in [-0.1, -0.05) is 6.92 Å². The lowest BCUT2D eigenvalue weighted by Crippen LogP contribution is -2.57. The molecule has 20 heavy (non-hydrogen) atoms. The number of nitrogens with one attached hydrogen (secondary N) is 1. The normalized spacial score (nSPS) is 36.3. The number of nitrogens with zero attached hydrogens (tertiary/aromatic N) is 1. The zero-order valence-electron chi connectivity index (χ0n) is 11.2. The van der Waals surface area contributed by atoms with E-state index in [-0.39, 0.29) is 5.88 Å². The van der Waals surface area contributed by atoms with Crippen molar-refractivity contribution in [3.63, 3.8) is 0 Å². The molecule has 0 aromatic heterocycles. The van der Waals surface area contributed by atoms with Crippen molar-refractivity contribution in [1.82, 2.24) is 10.2 Å². The Hall–Kier alpha value is -1.32. The van der Waals surface area contributed by atoms with Gasteiger partial charge in [0.2, 0.25) is 11.8 Å². The Morgan fingerprint density at radius 1 is 1.60 bits per heavy atom. The van der Waals surface area contributed by atoms with Gasteiger partial charge in [-0.3, -0.25) is 14.4 Å². The van der Waals surface area contributed by atoms with Crippen molar-refractivity contribution in [2.45, 2.75) is 36.9 Å². The summed E-state index contributed by atoms with van der Waals surface area (Å²) in [4.78, 5) is 35.7. The molecule has 1 spiro atoms. The lowest BCUT2D eigenvalue weighted by Gasteiger charge is -2.30. The van der Waals surface area contributed by atoms with Crippen molar-refractivity contribution in [3.05, 3.63) is 0 Å². The van der Waals surface area contributed by atoms with Crippen LogP contribution in [-0.2, 0) is 14.4 Å². The number of hydrogen-bond donors (Lipinski definition) is 4. The van der Waals surface area contributed by atoms with E-state index in [1.165, 1.54) is 23.6 Å². The van der Waals surface area contributed by atoms with E-state index in [4.69, 9.17) is 11.5 Å². The first-order valence-electron chi connectivity index (χ1n) is 6.22. The molecule has 8 nitrogen and oxygen atoms in total. The average Bonchev–Trinajstić information content (AvgIpc) is 2.76. The number of carbonyl (C=O) groups is 3. The summed E-state index contributed by atoms with van der Waals surface area (Å²) < 4.78 is 0. The van der Waals surface area contributed by atoms with Crippen LogP contribution in [0.2, 0.25) is 0 Å². The molecule has 0 aromatic carbocycles. The number of amides is 3. The van der Waals surface area contributed by atoms with E-state index >= 15 is 0 Å². The predicted molar refractivity (Wildman–Crippen MR) is 72.0 cm³/mol. The maximum Gasteiger partial charge on any atom is 0.260 e. The first-order valence-corrected chi connectivity index (χ1v) is 7.21. The van der Waals surface area contributed by atoms with Crippen molar-refractivity contribution in [1.29, 1.82) is 0 Å². The highest BCUT2D eigenvalue weighted by atomic mass is 32.2. The standard InChI is InChI=1S/C11H18N4O4S/c1-4-6(12)9(18)14-11(4)10(19)15(3-20-11)7(5(2)16)8(13)17/h4-7,16H,3,12H2,1-2H3,(H2,13,17)(H,14,18)/t4?,5-,6?,7+,11?/m1/s1. The minimum atomic E-state index is -1.17. The van der Waals surface area contributed by atoms with Gasteiger partial charge in [-0.05, 0) is 6.92 Å². The molecule has 2 rings (SSSR count). The van der Waals surface area contributed by atoms with E-state index in [1.54, 1.807) is 6.92 Å². The molecular formula is C11H18N4O4S. The molecule has 0 radical (unpaired) electrons. The van der Waals surface area contributed by atoms with Crippen molar-refractivity contribution < 1.29 is 19.5 Å². The molecule has 3 amide bonds. The Kier molecular flexibility index (Phi) is 3.69. The van der Waals surface area contributed by atoms with Gasteiger partial charge in [0.1, 0.15) is 6.04 Å². The van der Waals surface area contributed by atoms with Gasteiger partial charge < -0.3 is 26.8 Å². The Morgan fingerprint density at radius 2 is 2.20 bits per heavy atom. The highest BCUT2D eigenvalue weighted by Crippen LogP contribution is 2.44. The van der Waals surface area contributed by atoms with Crippen molar-refractivity contribution in [2.24, 2.45) is 17.4 Å². The molecule has 0 saturated carbocycles. The highest BCUT2D eigenvalue weighted by Gasteiger charge is 2.61. The number of nitrogens with two attached hydrogens (primary N) is 2. The molecule has 2 aliphatic heterocycles. The third kappa shape index (κ3) is 1.97. The molecule has 2 saturated heterocycles. The Labute approximate surface area is 120 Å². The maximum absolute atomic E-state index is 12.6. The molecule has 5 atom stereocenters. The van der Waals surface area contributed by atoms with Crippen LogP contribution in [0.4, 0.5) is 0 Å². The fraction of sp³-hybridized carbons (Fsp3) is 0.727. The number of hydrogen-bond acceptors (Lipinski definition) is 6. The summed E-state index contributed by atoms with van der Waals surface area (Å²) in [6, 6.07) is -1.89. The minimum absolute atomic E-state index is 0.161. The molecule has 9 heteroatoms.